The number of carbonyl (C=O) groups excluding carboxylic acids is 2. The van der Waals surface area contributed by atoms with E-state index in [0.717, 1.165) is 11.3 Å². The van der Waals surface area contributed by atoms with E-state index in [4.69, 9.17) is 0 Å². The molecule has 1 fully saturated rings. The van der Waals surface area contributed by atoms with Crippen molar-refractivity contribution in [1.29, 1.82) is 0 Å². The molecule has 27 heavy (non-hydrogen) atoms. The Morgan fingerprint density at radius 1 is 1.26 bits per heavy atom. The van der Waals surface area contributed by atoms with Crippen LogP contribution in [0.25, 0.3) is 0 Å². The number of carbonyl (C=O) groups is 3. The van der Waals surface area contributed by atoms with Gasteiger partial charge in [0.1, 0.15) is 6.04 Å². The number of amides is 2. The van der Waals surface area contributed by atoms with Crippen molar-refractivity contribution in [1.82, 2.24) is 10.2 Å². The van der Waals surface area contributed by atoms with Crippen LogP contribution in [0.5, 0.6) is 0 Å². The van der Waals surface area contributed by atoms with Gasteiger partial charge in [-0.25, -0.2) is 0 Å². The number of piperidine rings is 1. The van der Waals surface area contributed by atoms with Crippen LogP contribution in [0, 0.1) is 11.8 Å². The Hall–Kier alpha value is -2.02. The Kier molecular flexibility index (Phi) is 8.16. The second kappa shape index (κ2) is 10.3. The molecule has 1 aliphatic heterocycles. The summed E-state index contributed by atoms with van der Waals surface area (Å²) in [4.78, 5) is 38.4. The number of rotatable bonds is 8. The average Bonchev–Trinajstić information content (AvgIpc) is 2.64. The lowest BCUT2D eigenvalue weighted by Crippen LogP contribution is -2.54. The Balaban J connectivity index is 2.03. The lowest BCUT2D eigenvalue weighted by Gasteiger charge is -2.36. The van der Waals surface area contributed by atoms with Crippen molar-refractivity contribution in [2.45, 2.75) is 32.2 Å². The summed E-state index contributed by atoms with van der Waals surface area (Å²) in [5.41, 5.74) is 0.892. The summed E-state index contributed by atoms with van der Waals surface area (Å²) in [5, 5.41) is 12.2. The van der Waals surface area contributed by atoms with E-state index in [1.54, 1.807) is 16.7 Å². The third-order valence-electron chi connectivity index (χ3n) is 4.77. The maximum Gasteiger partial charge on any atom is 0.308 e. The Morgan fingerprint density at radius 3 is 2.59 bits per heavy atom. The summed E-state index contributed by atoms with van der Waals surface area (Å²) in [6.45, 7) is 2.70. The van der Waals surface area contributed by atoms with E-state index in [-0.39, 0.29) is 30.7 Å². The molecule has 0 saturated carbocycles. The first-order valence-corrected chi connectivity index (χ1v) is 10.6. The van der Waals surface area contributed by atoms with Gasteiger partial charge in [-0.1, -0.05) is 37.3 Å². The van der Waals surface area contributed by atoms with Crippen molar-refractivity contribution in [3.8, 4) is 0 Å². The van der Waals surface area contributed by atoms with Gasteiger partial charge in [0, 0.05) is 13.1 Å². The predicted octanol–water partition coefficient (Wildman–Crippen LogP) is 2.04. The van der Waals surface area contributed by atoms with Gasteiger partial charge in [-0.3, -0.25) is 14.4 Å². The van der Waals surface area contributed by atoms with Crippen LogP contribution in [0.4, 0.5) is 0 Å². The monoisotopic (exact) mass is 392 g/mol. The molecule has 0 radical (unpaired) electrons. The lowest BCUT2D eigenvalue weighted by atomic mass is 9.90. The predicted molar refractivity (Wildman–Crippen MR) is 107 cm³/mol. The number of nitrogens with one attached hydrogen (secondary N) is 1. The number of hydrogen-bond donors (Lipinski definition) is 2. The minimum Gasteiger partial charge on any atom is -0.481 e. The van der Waals surface area contributed by atoms with Gasteiger partial charge < -0.3 is 15.3 Å². The summed E-state index contributed by atoms with van der Waals surface area (Å²) in [7, 11) is 0. The van der Waals surface area contributed by atoms with Crippen molar-refractivity contribution >= 4 is 29.5 Å². The standard InChI is InChI=1S/C20H28N2O4S/c1-14-10-16(20(25)26)13-22(12-14)19(24)17(8-9-27-2)21-18(23)11-15-6-4-3-5-7-15/h3-7,14,16-17H,8-13H2,1-2H3,(H,21,23)(H,25,26). The van der Waals surface area contributed by atoms with Crippen molar-refractivity contribution in [2.24, 2.45) is 11.8 Å². The zero-order valence-corrected chi connectivity index (χ0v) is 16.7. The Bertz CT molecular complexity index is 653. The van der Waals surface area contributed by atoms with Gasteiger partial charge in [-0.05, 0) is 36.3 Å². The molecule has 1 aromatic rings. The normalized spacial score (nSPS) is 20.7. The molecular weight excluding hydrogens is 364 g/mol. The van der Waals surface area contributed by atoms with Crippen LogP contribution in [0.3, 0.4) is 0 Å². The van der Waals surface area contributed by atoms with Gasteiger partial charge in [0.05, 0.1) is 12.3 Å². The summed E-state index contributed by atoms with van der Waals surface area (Å²) >= 11 is 1.61. The number of carboxylic acid groups (broad SMARTS) is 1. The van der Waals surface area contributed by atoms with Crippen molar-refractivity contribution in [3.63, 3.8) is 0 Å². The fraction of sp³-hybridized carbons (Fsp3) is 0.550. The molecule has 1 aromatic carbocycles. The van der Waals surface area contributed by atoms with Gasteiger partial charge >= 0.3 is 5.97 Å². The fourth-order valence-electron chi connectivity index (χ4n) is 3.45. The second-order valence-corrected chi connectivity index (χ2v) is 8.17. The molecule has 3 unspecified atom stereocenters. The van der Waals surface area contributed by atoms with Crippen molar-refractivity contribution in [3.05, 3.63) is 35.9 Å². The molecule has 0 bridgehead atoms. The Labute approximate surface area is 164 Å². The van der Waals surface area contributed by atoms with E-state index >= 15 is 0 Å². The summed E-state index contributed by atoms with van der Waals surface area (Å²) in [6.07, 6.45) is 3.28. The van der Waals surface area contributed by atoms with Crippen molar-refractivity contribution in [2.75, 3.05) is 25.1 Å². The van der Waals surface area contributed by atoms with E-state index in [0.29, 0.717) is 19.4 Å². The van der Waals surface area contributed by atoms with E-state index in [9.17, 15) is 19.5 Å². The van der Waals surface area contributed by atoms with Crippen molar-refractivity contribution < 1.29 is 19.5 Å². The molecule has 6 nitrogen and oxygen atoms in total. The van der Waals surface area contributed by atoms with E-state index in [1.165, 1.54) is 0 Å². The molecule has 0 spiro atoms. The molecule has 2 N–H and O–H groups in total. The first kappa shape index (κ1) is 21.3. The quantitative estimate of drug-likeness (QED) is 0.707. The molecule has 1 saturated heterocycles. The highest BCUT2D eigenvalue weighted by Crippen LogP contribution is 2.23. The van der Waals surface area contributed by atoms with Gasteiger partial charge in [0.15, 0.2) is 0 Å². The minimum atomic E-state index is -0.867. The number of aliphatic carboxylic acids is 1. The SMILES string of the molecule is CSCCC(NC(=O)Cc1ccccc1)C(=O)N1CC(C)CC(C(=O)O)C1. The number of thioether (sulfide) groups is 1. The lowest BCUT2D eigenvalue weighted by molar-refractivity contribution is -0.148. The second-order valence-electron chi connectivity index (χ2n) is 7.18. The molecule has 0 aromatic heterocycles. The third-order valence-corrected chi connectivity index (χ3v) is 5.42. The molecular formula is C20H28N2O4S. The number of likely N-dealkylation sites (tertiary alicyclic amines) is 1. The first-order chi connectivity index (χ1) is 12.9. The molecule has 1 heterocycles. The van der Waals surface area contributed by atoms with E-state index in [2.05, 4.69) is 5.32 Å². The number of benzene rings is 1. The largest absolute Gasteiger partial charge is 0.481 e. The smallest absolute Gasteiger partial charge is 0.308 e. The first-order valence-electron chi connectivity index (χ1n) is 9.24. The molecule has 148 valence electrons. The van der Waals surface area contributed by atoms with Crippen LogP contribution >= 0.6 is 11.8 Å². The van der Waals surface area contributed by atoms with Gasteiger partial charge in [-0.2, -0.15) is 11.8 Å². The molecule has 2 amide bonds. The molecule has 7 heteroatoms. The number of carboxylic acids is 1. The summed E-state index contributed by atoms with van der Waals surface area (Å²) in [5.74, 6) is -0.908. The Morgan fingerprint density at radius 2 is 1.96 bits per heavy atom. The van der Waals surface area contributed by atoms with E-state index in [1.807, 2.05) is 43.5 Å². The molecule has 2 rings (SSSR count). The molecule has 1 aliphatic rings. The topological polar surface area (TPSA) is 86.7 Å². The zero-order chi connectivity index (χ0) is 19.8. The minimum absolute atomic E-state index is 0.130. The maximum atomic E-state index is 13.0. The molecule has 3 atom stereocenters. The number of hydrogen-bond acceptors (Lipinski definition) is 4. The highest BCUT2D eigenvalue weighted by Gasteiger charge is 2.34. The van der Waals surface area contributed by atoms with Crippen LogP contribution in [0.1, 0.15) is 25.3 Å². The van der Waals surface area contributed by atoms with Gasteiger partial charge in [0.2, 0.25) is 11.8 Å². The average molecular weight is 393 g/mol. The van der Waals surface area contributed by atoms with Crippen LogP contribution in [0.15, 0.2) is 30.3 Å². The summed E-state index contributed by atoms with van der Waals surface area (Å²) in [6, 6.07) is 8.78. The van der Waals surface area contributed by atoms with Gasteiger partial charge in [0.25, 0.3) is 0 Å². The number of nitrogens with zero attached hydrogens (tertiary/aromatic N) is 1. The molecule has 0 aliphatic carbocycles. The third kappa shape index (κ3) is 6.57. The van der Waals surface area contributed by atoms with Crippen LogP contribution in [-0.4, -0.2) is 58.9 Å². The van der Waals surface area contributed by atoms with E-state index < -0.39 is 17.9 Å². The van der Waals surface area contributed by atoms with Crippen LogP contribution in [0.2, 0.25) is 0 Å². The summed E-state index contributed by atoms with van der Waals surface area (Å²) < 4.78 is 0. The fourth-order valence-corrected chi connectivity index (χ4v) is 3.92. The maximum absolute atomic E-state index is 13.0. The van der Waals surface area contributed by atoms with Gasteiger partial charge in [-0.15, -0.1) is 0 Å². The van der Waals surface area contributed by atoms with Crippen LogP contribution < -0.4 is 5.32 Å². The highest BCUT2D eigenvalue weighted by atomic mass is 32.2. The highest BCUT2D eigenvalue weighted by molar-refractivity contribution is 7.98. The zero-order valence-electron chi connectivity index (χ0n) is 15.9. The van der Waals surface area contributed by atoms with Crippen LogP contribution in [-0.2, 0) is 20.8 Å².